The van der Waals surface area contributed by atoms with Crippen molar-refractivity contribution >= 4 is 109 Å². The van der Waals surface area contributed by atoms with Gasteiger partial charge in [-0.15, -0.1) is 0 Å². The van der Waals surface area contributed by atoms with Gasteiger partial charge in [0.2, 0.25) is 64.9 Å². The summed E-state index contributed by atoms with van der Waals surface area (Å²) in [6.07, 6.45) is -6.56. The third-order valence-electron chi connectivity index (χ3n) is 10.3. The molecule has 0 saturated carbocycles. The van der Waals surface area contributed by atoms with Crippen LogP contribution in [0.1, 0.15) is 48.0 Å². The molecule has 32 nitrogen and oxygen atoms in total. The van der Waals surface area contributed by atoms with E-state index in [4.69, 9.17) is 25.2 Å². The molecule has 1 rings (SSSR count). The molecule has 0 bridgehead atoms. The molecule has 14 atom stereocenters. The highest BCUT2D eigenvalue weighted by Gasteiger charge is 2.50. The minimum absolute atomic E-state index is 0.0280. The molecule has 1 fully saturated rings. The van der Waals surface area contributed by atoms with Crippen LogP contribution in [0, 0.1) is 0 Å². The van der Waals surface area contributed by atoms with Crippen molar-refractivity contribution in [2.24, 2.45) is 5.73 Å². The van der Waals surface area contributed by atoms with Crippen molar-refractivity contribution in [3.05, 3.63) is 0 Å². The molecule has 0 aliphatic carbocycles. The number of carboxylic acids is 1. The Labute approximate surface area is 445 Å². The molecule has 1 aliphatic rings. The zero-order valence-corrected chi connectivity index (χ0v) is 44.1. The molecular weight excluding hydrogens is 1060 g/mol. The van der Waals surface area contributed by atoms with Gasteiger partial charge in [0, 0.05) is 23.7 Å². The number of hydroxylamine groups is 1. The third-order valence-corrected chi connectivity index (χ3v) is 11.4. The van der Waals surface area contributed by atoms with Crippen molar-refractivity contribution < 1.29 is 97.4 Å². The van der Waals surface area contributed by atoms with Crippen molar-refractivity contribution in [2.45, 2.75) is 133 Å². The Morgan fingerprint density at radius 3 is 1.61 bits per heavy atom. The second-order valence-electron chi connectivity index (χ2n) is 16.8. The van der Waals surface area contributed by atoms with Crippen molar-refractivity contribution in [1.29, 1.82) is 0 Å². The predicted octanol–water partition coefficient (Wildman–Crippen LogP) is -10.0. The van der Waals surface area contributed by atoms with Crippen LogP contribution in [0.15, 0.2) is 0 Å². The van der Waals surface area contributed by atoms with Gasteiger partial charge >= 0.3 is 11.9 Å². The van der Waals surface area contributed by atoms with E-state index in [0.717, 1.165) is 13.8 Å². The lowest BCUT2D eigenvalue weighted by atomic mass is 10.1. The Morgan fingerprint density at radius 1 is 0.587 bits per heavy atom. The normalized spacial score (nSPS) is 20.4. The molecule has 2 unspecified atom stereocenters. The number of nitrogens with one attached hydrogen (secondary N) is 11. The third kappa shape index (κ3) is 23.4. The molecular formula is C40H68N12O20S3. The number of carbonyl (C=O) groups excluding carboxylic acids is 11. The number of ether oxygens (including phenoxy) is 2. The van der Waals surface area contributed by atoms with Gasteiger partial charge in [0.05, 0.1) is 37.9 Å². The summed E-state index contributed by atoms with van der Waals surface area (Å²) < 4.78 is 10.1. The molecule has 18 N–H and O–H groups in total. The molecule has 10 amide bonds. The van der Waals surface area contributed by atoms with Crippen LogP contribution < -0.4 is 64.4 Å². The van der Waals surface area contributed by atoms with Crippen molar-refractivity contribution in [2.75, 3.05) is 43.5 Å². The number of aliphatic hydroxyl groups excluding tert-OH is 3. The number of nitrogens with two attached hydrogens (primary N) is 1. The van der Waals surface area contributed by atoms with E-state index in [1.165, 1.54) is 27.7 Å². The number of aliphatic carboxylic acids is 1. The van der Waals surface area contributed by atoms with Gasteiger partial charge in [0.15, 0.2) is 6.29 Å². The number of carbonyl (C=O) groups is 12. The fraction of sp³-hybridized carbons (Fsp3) is 0.700. The molecule has 75 heavy (non-hydrogen) atoms. The van der Waals surface area contributed by atoms with Gasteiger partial charge in [-0.1, -0.05) is 0 Å². The van der Waals surface area contributed by atoms with Gasteiger partial charge in [-0.3, -0.25) is 57.6 Å². The summed E-state index contributed by atoms with van der Waals surface area (Å²) in [5.41, 5.74) is 7.78. The number of aliphatic hydroxyl groups is 4. The molecule has 1 heterocycles. The lowest BCUT2D eigenvalue weighted by molar-refractivity contribution is -0.286. The van der Waals surface area contributed by atoms with Crippen LogP contribution in [0.5, 0.6) is 0 Å². The summed E-state index contributed by atoms with van der Waals surface area (Å²) in [5, 5.41) is 72.7. The minimum atomic E-state index is -2.46. The van der Waals surface area contributed by atoms with E-state index in [9.17, 15) is 78.0 Å². The molecule has 1 saturated heterocycles. The summed E-state index contributed by atoms with van der Waals surface area (Å²) in [5.74, 6) is -14.6. The van der Waals surface area contributed by atoms with E-state index in [0.29, 0.717) is 0 Å². The number of thiol groups is 3. The van der Waals surface area contributed by atoms with Gasteiger partial charge in [-0.25, -0.2) is 4.79 Å². The van der Waals surface area contributed by atoms with Gasteiger partial charge in [-0.2, -0.15) is 43.4 Å². The monoisotopic (exact) mass is 1130 g/mol. The molecule has 426 valence electrons. The maximum absolute atomic E-state index is 13.0. The average molecular weight is 1130 g/mol. The first-order chi connectivity index (χ1) is 34.9. The molecule has 0 radical (unpaired) electrons. The van der Waals surface area contributed by atoms with E-state index in [1.54, 1.807) is 0 Å². The molecule has 0 spiro atoms. The first-order valence-corrected chi connectivity index (χ1v) is 24.6. The van der Waals surface area contributed by atoms with Crippen molar-refractivity contribution in [1.82, 2.24) is 58.6 Å². The smallest absolute Gasteiger partial charge is 0.329 e. The zero-order chi connectivity index (χ0) is 57.5. The van der Waals surface area contributed by atoms with E-state index in [2.05, 4.69) is 96.5 Å². The number of rotatable bonds is 32. The summed E-state index contributed by atoms with van der Waals surface area (Å²) >= 11 is 11.9. The number of hydrogen-bond acceptors (Lipinski definition) is 24. The Morgan fingerprint density at radius 2 is 1.07 bits per heavy atom. The molecule has 35 heteroatoms. The summed E-state index contributed by atoms with van der Waals surface area (Å²) in [4.78, 5) is 155. The van der Waals surface area contributed by atoms with Crippen LogP contribution in [0.25, 0.3) is 0 Å². The number of carboxylic acid groups (broad SMARTS) is 1. The van der Waals surface area contributed by atoms with Crippen LogP contribution >= 0.6 is 37.9 Å². The van der Waals surface area contributed by atoms with E-state index in [-0.39, 0.29) is 17.3 Å². The largest absolute Gasteiger partial charge is 0.480 e. The first kappa shape index (κ1) is 67.4. The number of amides is 10. The molecule has 0 aromatic carbocycles. The highest BCUT2D eigenvalue weighted by atomic mass is 32.1. The van der Waals surface area contributed by atoms with Crippen LogP contribution in [0.4, 0.5) is 0 Å². The number of esters is 1. The Hall–Kier alpha value is -5.63. The maximum Gasteiger partial charge on any atom is 0.329 e. The van der Waals surface area contributed by atoms with Crippen molar-refractivity contribution in [3.63, 3.8) is 0 Å². The summed E-state index contributed by atoms with van der Waals surface area (Å²) in [7, 11) is 0. The summed E-state index contributed by atoms with van der Waals surface area (Å²) in [6.45, 7) is 3.96. The van der Waals surface area contributed by atoms with Gasteiger partial charge in [0.1, 0.15) is 61.0 Å². The second kappa shape index (κ2) is 32.7. The van der Waals surface area contributed by atoms with E-state index in [1.807, 2.05) is 0 Å². The quantitative estimate of drug-likeness (QED) is 0.0169. The SMILES string of the molecule is C[C@H](NC(=O)[C@H](CS)NC(=O)[C@H](C)NC(=O)[C@H](C)NC(=O)[C@@H](NC(=O)[C@H](C)NC(=O)CNC(=O)CNC(=O)[C@@H](NC(=O)CNO[C@H]1CC(O)OC1(O)COC(=O)[C@H](CS)NC(=O)[C@@H](N)CS)[C@@H](C)O)[C@@H](C)O)C(=O)O. The average Bonchev–Trinajstić information content (AvgIpc) is 3.63. The van der Waals surface area contributed by atoms with Crippen LogP contribution in [0.2, 0.25) is 0 Å². The topological polar surface area (TPSA) is 492 Å². The second-order valence-corrected chi connectivity index (χ2v) is 17.9. The van der Waals surface area contributed by atoms with Crippen molar-refractivity contribution in [3.8, 4) is 0 Å². The Kier molecular flexibility index (Phi) is 29.4. The lowest BCUT2D eigenvalue weighted by Crippen LogP contribution is -2.60. The van der Waals surface area contributed by atoms with Crippen LogP contribution in [-0.4, -0.2) is 225 Å². The van der Waals surface area contributed by atoms with Crippen LogP contribution in [-0.2, 0) is 71.8 Å². The fourth-order valence-electron chi connectivity index (χ4n) is 5.85. The summed E-state index contributed by atoms with van der Waals surface area (Å²) in [6, 6.07) is -12.2. The number of hydrogen-bond donors (Lipinski definition) is 20. The predicted molar refractivity (Wildman–Crippen MR) is 265 cm³/mol. The van der Waals surface area contributed by atoms with Gasteiger partial charge in [-0.05, 0) is 41.5 Å². The van der Waals surface area contributed by atoms with E-state index < -0.39 is 188 Å². The Balaban J connectivity index is 2.63. The minimum Gasteiger partial charge on any atom is -0.480 e. The molecule has 1 aliphatic heterocycles. The molecule has 0 aromatic rings. The highest BCUT2D eigenvalue weighted by Crippen LogP contribution is 2.30. The fourth-order valence-corrected chi connectivity index (χ4v) is 6.51. The Bertz CT molecular complexity index is 2050. The van der Waals surface area contributed by atoms with Gasteiger partial charge in [0.25, 0.3) is 0 Å². The van der Waals surface area contributed by atoms with Gasteiger partial charge < -0.3 is 93.9 Å². The highest BCUT2D eigenvalue weighted by molar-refractivity contribution is 7.80. The lowest BCUT2D eigenvalue weighted by Gasteiger charge is -2.28. The standard InChI is InChI=1S/C40H68N12O20S3/c1-15(33(61)52-30(20(6)54)37(65)47-16(2)31(59)46-17(3)32(60)49-22(12-74)35(63)48-18(4)38(66)67)45-26(56)9-42-25(55)8-43-36(64)29(19(5)53)51-27(57)10-44-72-24-7-28(58)71-40(24,69)14-70-39(68)23(13-75)50-34(62)21(41)11-73/h15-24,28-30,44,53-54,58,69,73-75H,7-14,41H2,1-6H3,(H,42,55)(H,43,64)(H,45,56)(H,46,59)(H,47,65)(H,48,63)(H,49,60)(H,50,62)(H,51,57)(H,52,61)(H,66,67)/t15-,16-,17-,18-,19+,20+,21-,22-,23-,24-,28?,29-,30-,40?/m0/s1. The maximum atomic E-state index is 13.0. The zero-order valence-electron chi connectivity index (χ0n) is 41.4. The van der Waals surface area contributed by atoms with Crippen LogP contribution in [0.3, 0.4) is 0 Å². The van der Waals surface area contributed by atoms with E-state index >= 15 is 0 Å². The first-order valence-electron chi connectivity index (χ1n) is 22.7. The molecule has 0 aromatic heterocycles.